The standard InChI is InChI=1S/C15H23NO3S/c1-12-4-3-9-15(10-12,11-17)16-13-5-7-14(8-6-13)20(2,18)19/h5-8,12,16-17H,3-4,9-11H2,1-2H3. The third kappa shape index (κ3) is 3.52. The largest absolute Gasteiger partial charge is 0.394 e. The Hall–Kier alpha value is -1.07. The third-order valence-corrected chi connectivity index (χ3v) is 5.21. The summed E-state index contributed by atoms with van der Waals surface area (Å²) < 4.78 is 22.9. The second-order valence-electron chi connectivity index (χ2n) is 6.06. The molecule has 0 heterocycles. The molecule has 0 amide bonds. The average molecular weight is 297 g/mol. The highest BCUT2D eigenvalue weighted by molar-refractivity contribution is 7.90. The van der Waals surface area contributed by atoms with E-state index in [2.05, 4.69) is 12.2 Å². The molecule has 1 aliphatic rings. The van der Waals surface area contributed by atoms with E-state index in [4.69, 9.17) is 0 Å². The zero-order chi connectivity index (χ0) is 14.8. The van der Waals surface area contributed by atoms with Crippen LogP contribution in [0.15, 0.2) is 29.2 Å². The number of hydrogen-bond donors (Lipinski definition) is 2. The summed E-state index contributed by atoms with van der Waals surface area (Å²) in [5.74, 6) is 0.596. The molecule has 2 atom stereocenters. The summed E-state index contributed by atoms with van der Waals surface area (Å²) in [6.45, 7) is 2.31. The van der Waals surface area contributed by atoms with Crippen LogP contribution in [0.4, 0.5) is 5.69 Å². The summed E-state index contributed by atoms with van der Waals surface area (Å²) in [7, 11) is -3.16. The number of aliphatic hydroxyl groups excluding tert-OH is 1. The van der Waals surface area contributed by atoms with Crippen molar-refractivity contribution in [1.82, 2.24) is 0 Å². The quantitative estimate of drug-likeness (QED) is 0.896. The van der Waals surface area contributed by atoms with E-state index in [1.165, 1.54) is 12.7 Å². The van der Waals surface area contributed by atoms with E-state index < -0.39 is 9.84 Å². The highest BCUT2D eigenvalue weighted by Crippen LogP contribution is 2.34. The zero-order valence-electron chi connectivity index (χ0n) is 12.1. The van der Waals surface area contributed by atoms with Crippen molar-refractivity contribution in [3.05, 3.63) is 24.3 Å². The van der Waals surface area contributed by atoms with Gasteiger partial charge in [0.05, 0.1) is 17.0 Å². The molecule has 0 spiro atoms. The summed E-state index contributed by atoms with van der Waals surface area (Å²) in [6, 6.07) is 6.75. The summed E-state index contributed by atoms with van der Waals surface area (Å²) in [6.07, 6.45) is 5.40. The molecule has 1 aromatic rings. The molecule has 2 N–H and O–H groups in total. The van der Waals surface area contributed by atoms with Gasteiger partial charge in [-0.1, -0.05) is 19.8 Å². The average Bonchev–Trinajstić information content (AvgIpc) is 2.38. The van der Waals surface area contributed by atoms with E-state index in [1.807, 2.05) is 0 Å². The van der Waals surface area contributed by atoms with Crippen LogP contribution in [0.5, 0.6) is 0 Å². The van der Waals surface area contributed by atoms with Crippen LogP contribution in [0.1, 0.15) is 32.6 Å². The van der Waals surface area contributed by atoms with Crippen molar-refractivity contribution in [1.29, 1.82) is 0 Å². The van der Waals surface area contributed by atoms with Gasteiger partial charge in [-0.25, -0.2) is 8.42 Å². The fourth-order valence-electron chi connectivity index (χ4n) is 3.05. The molecule has 0 aliphatic heterocycles. The van der Waals surface area contributed by atoms with Crippen molar-refractivity contribution in [2.24, 2.45) is 5.92 Å². The summed E-state index contributed by atoms with van der Waals surface area (Å²) in [4.78, 5) is 0.318. The van der Waals surface area contributed by atoms with Crippen molar-refractivity contribution >= 4 is 15.5 Å². The van der Waals surface area contributed by atoms with E-state index >= 15 is 0 Å². The fourth-order valence-corrected chi connectivity index (χ4v) is 3.68. The van der Waals surface area contributed by atoms with Gasteiger partial charge < -0.3 is 10.4 Å². The molecule has 1 aromatic carbocycles. The Morgan fingerprint density at radius 3 is 2.50 bits per heavy atom. The number of hydrogen-bond acceptors (Lipinski definition) is 4. The molecule has 4 nitrogen and oxygen atoms in total. The van der Waals surface area contributed by atoms with Crippen LogP contribution < -0.4 is 5.32 Å². The predicted molar refractivity (Wildman–Crippen MR) is 80.6 cm³/mol. The Kier molecular flexibility index (Phi) is 4.39. The molecular weight excluding hydrogens is 274 g/mol. The van der Waals surface area contributed by atoms with Crippen molar-refractivity contribution in [3.63, 3.8) is 0 Å². The van der Waals surface area contributed by atoms with Crippen LogP contribution in [0.3, 0.4) is 0 Å². The Morgan fingerprint density at radius 1 is 1.35 bits per heavy atom. The van der Waals surface area contributed by atoms with Crippen molar-refractivity contribution in [2.45, 2.75) is 43.0 Å². The van der Waals surface area contributed by atoms with Gasteiger partial charge in [-0.2, -0.15) is 0 Å². The van der Waals surface area contributed by atoms with Crippen molar-refractivity contribution < 1.29 is 13.5 Å². The van der Waals surface area contributed by atoms with Gasteiger partial charge in [0.15, 0.2) is 9.84 Å². The van der Waals surface area contributed by atoms with Gasteiger partial charge in [0.2, 0.25) is 0 Å². The SMILES string of the molecule is CC1CCCC(CO)(Nc2ccc(S(C)(=O)=O)cc2)C1. The minimum absolute atomic E-state index is 0.102. The summed E-state index contributed by atoms with van der Waals surface area (Å²) in [5, 5.41) is 13.2. The number of benzene rings is 1. The summed E-state index contributed by atoms with van der Waals surface area (Å²) >= 11 is 0. The molecular formula is C15H23NO3S. The van der Waals surface area contributed by atoms with Gasteiger partial charge >= 0.3 is 0 Å². The molecule has 20 heavy (non-hydrogen) atoms. The zero-order valence-corrected chi connectivity index (χ0v) is 12.9. The van der Waals surface area contributed by atoms with Crippen LogP contribution in [0.25, 0.3) is 0 Å². The lowest BCUT2D eigenvalue weighted by Gasteiger charge is -2.40. The van der Waals surface area contributed by atoms with Crippen LogP contribution in [-0.2, 0) is 9.84 Å². The number of anilines is 1. The summed E-state index contributed by atoms with van der Waals surface area (Å²) in [5.41, 5.74) is 0.588. The van der Waals surface area contributed by atoms with Crippen LogP contribution in [-0.4, -0.2) is 31.9 Å². The first-order chi connectivity index (χ1) is 9.35. The topological polar surface area (TPSA) is 66.4 Å². The lowest BCUT2D eigenvalue weighted by atomic mass is 9.76. The number of rotatable bonds is 4. The van der Waals surface area contributed by atoms with Gasteiger partial charge in [0, 0.05) is 11.9 Å². The van der Waals surface area contributed by atoms with E-state index in [0.717, 1.165) is 24.9 Å². The maximum Gasteiger partial charge on any atom is 0.175 e. The first-order valence-corrected chi connectivity index (χ1v) is 8.93. The molecule has 112 valence electrons. The van der Waals surface area contributed by atoms with Crippen molar-refractivity contribution in [2.75, 3.05) is 18.2 Å². The maximum absolute atomic E-state index is 11.4. The van der Waals surface area contributed by atoms with Gasteiger partial charge in [-0.15, -0.1) is 0 Å². The first kappa shape index (κ1) is 15.3. The minimum Gasteiger partial charge on any atom is -0.394 e. The number of aliphatic hydroxyl groups is 1. The van der Waals surface area contributed by atoms with Crippen LogP contribution in [0.2, 0.25) is 0 Å². The first-order valence-electron chi connectivity index (χ1n) is 7.04. The van der Waals surface area contributed by atoms with Gasteiger partial charge in [-0.05, 0) is 43.0 Å². The Morgan fingerprint density at radius 2 is 2.00 bits per heavy atom. The molecule has 5 heteroatoms. The van der Waals surface area contributed by atoms with Crippen LogP contribution >= 0.6 is 0 Å². The lowest BCUT2D eigenvalue weighted by Crippen LogP contribution is -2.45. The van der Waals surface area contributed by atoms with E-state index in [1.54, 1.807) is 24.3 Å². The predicted octanol–water partition coefficient (Wildman–Crippen LogP) is 2.44. The molecule has 1 saturated carbocycles. The Labute approximate surface area is 121 Å². The number of sulfone groups is 1. The normalized spacial score (nSPS) is 27.2. The second-order valence-corrected chi connectivity index (χ2v) is 8.08. The molecule has 0 bridgehead atoms. The number of nitrogens with one attached hydrogen (secondary N) is 1. The molecule has 1 aliphatic carbocycles. The van der Waals surface area contributed by atoms with Crippen LogP contribution in [0, 0.1) is 5.92 Å². The molecule has 0 saturated heterocycles. The molecule has 2 unspecified atom stereocenters. The molecule has 0 radical (unpaired) electrons. The molecule has 1 fully saturated rings. The van der Waals surface area contributed by atoms with E-state index in [9.17, 15) is 13.5 Å². The van der Waals surface area contributed by atoms with Gasteiger partial charge in [0.25, 0.3) is 0 Å². The highest BCUT2D eigenvalue weighted by Gasteiger charge is 2.34. The highest BCUT2D eigenvalue weighted by atomic mass is 32.2. The fraction of sp³-hybridized carbons (Fsp3) is 0.600. The lowest BCUT2D eigenvalue weighted by molar-refractivity contribution is 0.149. The second kappa shape index (κ2) is 5.74. The van der Waals surface area contributed by atoms with Gasteiger partial charge in [0.1, 0.15) is 0 Å². The molecule has 2 rings (SSSR count). The monoisotopic (exact) mass is 297 g/mol. The maximum atomic E-state index is 11.4. The van der Waals surface area contributed by atoms with E-state index in [-0.39, 0.29) is 12.1 Å². The van der Waals surface area contributed by atoms with E-state index in [0.29, 0.717) is 10.8 Å². The van der Waals surface area contributed by atoms with Gasteiger partial charge in [-0.3, -0.25) is 0 Å². The Bertz CT molecular complexity index is 553. The Balaban J connectivity index is 2.16. The molecule has 0 aromatic heterocycles. The van der Waals surface area contributed by atoms with Crippen molar-refractivity contribution in [3.8, 4) is 0 Å². The third-order valence-electron chi connectivity index (χ3n) is 4.09. The minimum atomic E-state index is -3.16. The smallest absolute Gasteiger partial charge is 0.175 e.